The molecule has 1 aromatic heterocycles. The molecule has 0 aliphatic rings. The average molecular weight is 283 g/mol. The molecular weight excluding hydrogens is 258 g/mol. The molecule has 0 saturated heterocycles. The number of aromatic nitrogens is 2. The molecule has 0 unspecified atom stereocenters. The van der Waals surface area contributed by atoms with Gasteiger partial charge in [-0.05, 0) is 45.7 Å². The first kappa shape index (κ1) is 15.5. The number of hydrogen-bond donors (Lipinski definition) is 1. The van der Waals surface area contributed by atoms with Crippen molar-refractivity contribution in [3.63, 3.8) is 0 Å². The van der Waals surface area contributed by atoms with Crippen LogP contribution in [0.15, 0.2) is 18.2 Å². The highest BCUT2D eigenvalue weighted by molar-refractivity contribution is 5.61. The number of nitrogens with one attached hydrogen (secondary N) is 1. The van der Waals surface area contributed by atoms with Crippen LogP contribution in [0.25, 0.3) is 11.4 Å². The van der Waals surface area contributed by atoms with E-state index in [4.69, 9.17) is 9.97 Å². The summed E-state index contributed by atoms with van der Waals surface area (Å²) in [7, 11) is 0. The Morgan fingerprint density at radius 3 is 2.19 bits per heavy atom. The summed E-state index contributed by atoms with van der Waals surface area (Å²) in [6.07, 6.45) is 2.01. The molecular formula is C18H25N3. The lowest BCUT2D eigenvalue weighted by Gasteiger charge is -2.13. The van der Waals surface area contributed by atoms with Crippen molar-refractivity contribution < 1.29 is 0 Å². The molecule has 0 aliphatic carbocycles. The van der Waals surface area contributed by atoms with Crippen molar-refractivity contribution in [2.75, 3.05) is 11.9 Å². The van der Waals surface area contributed by atoms with Gasteiger partial charge >= 0.3 is 0 Å². The molecule has 0 fully saturated rings. The molecule has 0 atom stereocenters. The lowest BCUT2D eigenvalue weighted by atomic mass is 10.1. The van der Waals surface area contributed by atoms with Gasteiger partial charge in [0.15, 0.2) is 5.82 Å². The van der Waals surface area contributed by atoms with Gasteiger partial charge in [0.2, 0.25) is 0 Å². The van der Waals surface area contributed by atoms with Gasteiger partial charge in [-0.25, -0.2) is 9.97 Å². The first-order valence-electron chi connectivity index (χ1n) is 7.75. The van der Waals surface area contributed by atoms with E-state index < -0.39 is 0 Å². The van der Waals surface area contributed by atoms with Crippen LogP contribution in [0.2, 0.25) is 0 Å². The predicted octanol–water partition coefficient (Wildman–Crippen LogP) is 4.45. The second-order valence-corrected chi connectivity index (χ2v) is 5.62. The number of anilines is 1. The SMILES string of the molecule is CCCNc1nc(-c2cc(C)cc(C)c2)nc(CC)c1C. The van der Waals surface area contributed by atoms with Gasteiger partial charge in [0.05, 0.1) is 0 Å². The second-order valence-electron chi connectivity index (χ2n) is 5.62. The van der Waals surface area contributed by atoms with Crippen molar-refractivity contribution in [2.24, 2.45) is 0 Å². The number of benzene rings is 1. The molecule has 0 bridgehead atoms. The first-order valence-corrected chi connectivity index (χ1v) is 7.75. The van der Waals surface area contributed by atoms with Gasteiger partial charge in [-0.2, -0.15) is 0 Å². The summed E-state index contributed by atoms with van der Waals surface area (Å²) in [5.41, 5.74) is 5.88. The van der Waals surface area contributed by atoms with E-state index >= 15 is 0 Å². The maximum atomic E-state index is 4.76. The lowest BCUT2D eigenvalue weighted by molar-refractivity contribution is 0.936. The van der Waals surface area contributed by atoms with Gasteiger partial charge in [-0.1, -0.05) is 31.0 Å². The molecule has 0 radical (unpaired) electrons. The van der Waals surface area contributed by atoms with Gasteiger partial charge in [-0.15, -0.1) is 0 Å². The van der Waals surface area contributed by atoms with Crippen LogP contribution in [0.4, 0.5) is 5.82 Å². The van der Waals surface area contributed by atoms with E-state index in [1.54, 1.807) is 0 Å². The minimum Gasteiger partial charge on any atom is -0.370 e. The van der Waals surface area contributed by atoms with Crippen LogP contribution in [0.5, 0.6) is 0 Å². The summed E-state index contributed by atoms with van der Waals surface area (Å²) >= 11 is 0. The maximum Gasteiger partial charge on any atom is 0.161 e. The topological polar surface area (TPSA) is 37.8 Å². The van der Waals surface area contributed by atoms with Crippen molar-refractivity contribution in [3.05, 3.63) is 40.6 Å². The molecule has 1 heterocycles. The Balaban J connectivity index is 2.52. The fourth-order valence-electron chi connectivity index (χ4n) is 2.56. The lowest BCUT2D eigenvalue weighted by Crippen LogP contribution is -2.08. The minimum absolute atomic E-state index is 0.822. The van der Waals surface area contributed by atoms with Gasteiger partial charge in [-0.3, -0.25) is 0 Å². The molecule has 3 heteroatoms. The van der Waals surface area contributed by atoms with Crippen LogP contribution in [-0.2, 0) is 6.42 Å². The fraction of sp³-hybridized carbons (Fsp3) is 0.444. The summed E-state index contributed by atoms with van der Waals surface area (Å²) in [4.78, 5) is 9.51. The molecule has 0 aliphatic heterocycles. The fourth-order valence-corrected chi connectivity index (χ4v) is 2.56. The van der Waals surface area contributed by atoms with E-state index in [1.165, 1.54) is 16.7 Å². The minimum atomic E-state index is 0.822. The molecule has 3 nitrogen and oxygen atoms in total. The third-order valence-electron chi connectivity index (χ3n) is 3.60. The molecule has 0 amide bonds. The zero-order valence-corrected chi connectivity index (χ0v) is 13.7. The number of aryl methyl sites for hydroxylation is 3. The van der Waals surface area contributed by atoms with Crippen molar-refractivity contribution in [1.29, 1.82) is 0 Å². The third-order valence-corrected chi connectivity index (χ3v) is 3.60. The average Bonchev–Trinajstić information content (AvgIpc) is 2.45. The largest absolute Gasteiger partial charge is 0.370 e. The molecule has 1 aromatic carbocycles. The highest BCUT2D eigenvalue weighted by Crippen LogP contribution is 2.24. The number of hydrogen-bond acceptors (Lipinski definition) is 3. The second kappa shape index (κ2) is 6.70. The Morgan fingerprint density at radius 2 is 1.62 bits per heavy atom. The zero-order valence-electron chi connectivity index (χ0n) is 13.7. The van der Waals surface area contributed by atoms with Crippen LogP contribution in [0.3, 0.4) is 0 Å². The Kier molecular flexibility index (Phi) is 4.94. The van der Waals surface area contributed by atoms with Crippen molar-refractivity contribution >= 4 is 5.82 Å². The van der Waals surface area contributed by atoms with E-state index in [9.17, 15) is 0 Å². The molecule has 112 valence electrons. The standard InChI is InChI=1S/C18H25N3/c1-6-8-19-17-14(5)16(7-2)20-18(21-17)15-10-12(3)9-13(4)11-15/h9-11H,6-8H2,1-5H3,(H,19,20,21). The van der Waals surface area contributed by atoms with Gasteiger partial charge in [0.25, 0.3) is 0 Å². The van der Waals surface area contributed by atoms with E-state index in [2.05, 4.69) is 58.1 Å². The number of rotatable bonds is 5. The van der Waals surface area contributed by atoms with E-state index in [0.29, 0.717) is 0 Å². The van der Waals surface area contributed by atoms with E-state index in [-0.39, 0.29) is 0 Å². The highest BCUT2D eigenvalue weighted by Gasteiger charge is 2.11. The van der Waals surface area contributed by atoms with Crippen molar-refractivity contribution in [2.45, 2.75) is 47.5 Å². The van der Waals surface area contributed by atoms with Crippen LogP contribution in [0.1, 0.15) is 42.7 Å². The van der Waals surface area contributed by atoms with Gasteiger partial charge < -0.3 is 5.32 Å². The summed E-state index contributed by atoms with van der Waals surface area (Å²) in [5.74, 6) is 1.79. The maximum absolute atomic E-state index is 4.76. The highest BCUT2D eigenvalue weighted by atomic mass is 15.0. The summed E-state index contributed by atoms with van der Waals surface area (Å²) < 4.78 is 0. The first-order chi connectivity index (χ1) is 10.0. The Morgan fingerprint density at radius 1 is 0.952 bits per heavy atom. The van der Waals surface area contributed by atoms with Gasteiger partial charge in [0.1, 0.15) is 5.82 Å². The molecule has 2 rings (SSSR count). The predicted molar refractivity (Wildman–Crippen MR) is 89.8 cm³/mol. The summed E-state index contributed by atoms with van der Waals surface area (Å²) in [5, 5.41) is 3.43. The van der Waals surface area contributed by atoms with Crippen LogP contribution in [0, 0.1) is 20.8 Å². The molecule has 0 spiro atoms. The van der Waals surface area contributed by atoms with Crippen molar-refractivity contribution in [1.82, 2.24) is 9.97 Å². The Hall–Kier alpha value is -1.90. The monoisotopic (exact) mass is 283 g/mol. The van der Waals surface area contributed by atoms with Gasteiger partial charge in [0, 0.05) is 23.4 Å². The summed E-state index contributed by atoms with van der Waals surface area (Å²) in [6.45, 7) is 11.6. The third kappa shape index (κ3) is 3.60. The molecule has 21 heavy (non-hydrogen) atoms. The van der Waals surface area contributed by atoms with E-state index in [1.807, 2.05) is 0 Å². The smallest absolute Gasteiger partial charge is 0.161 e. The van der Waals surface area contributed by atoms with Crippen molar-refractivity contribution in [3.8, 4) is 11.4 Å². The normalized spacial score (nSPS) is 10.7. The molecule has 1 N–H and O–H groups in total. The molecule has 2 aromatic rings. The quantitative estimate of drug-likeness (QED) is 0.880. The van der Waals surface area contributed by atoms with Crippen LogP contribution >= 0.6 is 0 Å². The van der Waals surface area contributed by atoms with Crippen LogP contribution in [-0.4, -0.2) is 16.5 Å². The zero-order chi connectivity index (χ0) is 15.4. The molecule has 0 saturated carbocycles. The summed E-state index contributed by atoms with van der Waals surface area (Å²) in [6, 6.07) is 6.48. The Labute approximate surface area is 127 Å². The van der Waals surface area contributed by atoms with Crippen LogP contribution < -0.4 is 5.32 Å². The Bertz CT molecular complexity index is 612. The van der Waals surface area contributed by atoms with E-state index in [0.717, 1.165) is 42.3 Å². The number of nitrogens with zero attached hydrogens (tertiary/aromatic N) is 2.